The summed E-state index contributed by atoms with van der Waals surface area (Å²) in [5, 5.41) is 3.52. The molecule has 108 valence electrons. The third-order valence-electron chi connectivity index (χ3n) is 2.78. The smallest absolute Gasteiger partial charge is 0.126 e. The minimum atomic E-state index is 0.124. The van der Waals surface area contributed by atoms with E-state index in [1.807, 2.05) is 11.8 Å². The van der Waals surface area contributed by atoms with Crippen molar-refractivity contribution in [1.29, 1.82) is 0 Å². The first-order chi connectivity index (χ1) is 8.94. The van der Waals surface area contributed by atoms with Gasteiger partial charge in [0.2, 0.25) is 0 Å². The Morgan fingerprint density at radius 3 is 2.63 bits per heavy atom. The molecule has 0 radical (unpaired) electrons. The van der Waals surface area contributed by atoms with Crippen molar-refractivity contribution < 1.29 is 4.74 Å². The van der Waals surface area contributed by atoms with E-state index >= 15 is 0 Å². The Morgan fingerprint density at radius 2 is 2.00 bits per heavy atom. The molecule has 1 rings (SSSR count). The molecule has 0 unspecified atom stereocenters. The van der Waals surface area contributed by atoms with Crippen LogP contribution in [0.1, 0.15) is 38.8 Å². The van der Waals surface area contributed by atoms with E-state index in [0.29, 0.717) is 0 Å². The number of benzene rings is 1. The van der Waals surface area contributed by atoms with Crippen molar-refractivity contribution in [3.8, 4) is 5.75 Å². The molecular weight excluding hydrogens is 254 g/mol. The number of para-hydroxylation sites is 1. The van der Waals surface area contributed by atoms with Gasteiger partial charge >= 0.3 is 0 Å². The Hall–Kier alpha value is -0.670. The summed E-state index contributed by atoms with van der Waals surface area (Å²) in [6.45, 7) is 12.5. The van der Waals surface area contributed by atoms with Gasteiger partial charge in [0, 0.05) is 23.4 Å². The molecular formula is C16H27NOS. The highest BCUT2D eigenvalue weighted by Gasteiger charge is 2.12. The molecule has 0 bridgehead atoms. The summed E-state index contributed by atoms with van der Waals surface area (Å²) in [4.78, 5) is 0. The van der Waals surface area contributed by atoms with Gasteiger partial charge in [-0.15, -0.1) is 0 Å². The van der Waals surface area contributed by atoms with Gasteiger partial charge < -0.3 is 10.1 Å². The molecule has 3 heteroatoms. The monoisotopic (exact) mass is 281 g/mol. The molecule has 0 amide bonds. The lowest BCUT2D eigenvalue weighted by Gasteiger charge is -2.22. The van der Waals surface area contributed by atoms with Crippen molar-refractivity contribution >= 4 is 11.8 Å². The van der Waals surface area contributed by atoms with Crippen molar-refractivity contribution in [3.63, 3.8) is 0 Å². The molecule has 0 spiro atoms. The molecule has 0 aliphatic rings. The summed E-state index contributed by atoms with van der Waals surface area (Å²) in [5.41, 5.74) is 2.59. The fourth-order valence-electron chi connectivity index (χ4n) is 1.77. The third kappa shape index (κ3) is 6.35. The summed E-state index contributed by atoms with van der Waals surface area (Å²) in [7, 11) is 0. The predicted molar refractivity (Wildman–Crippen MR) is 86.3 cm³/mol. The second-order valence-corrected chi connectivity index (χ2v) is 7.11. The first-order valence-electron chi connectivity index (χ1n) is 6.98. The molecule has 1 N–H and O–H groups in total. The topological polar surface area (TPSA) is 21.3 Å². The highest BCUT2D eigenvalue weighted by atomic mass is 32.2. The van der Waals surface area contributed by atoms with Crippen LogP contribution in [0.25, 0.3) is 0 Å². The highest BCUT2D eigenvalue weighted by Crippen LogP contribution is 2.24. The quantitative estimate of drug-likeness (QED) is 0.763. The Kier molecular flexibility index (Phi) is 6.73. The van der Waals surface area contributed by atoms with Gasteiger partial charge in [-0.1, -0.05) is 25.1 Å². The van der Waals surface area contributed by atoms with Crippen LogP contribution in [0.4, 0.5) is 0 Å². The van der Waals surface area contributed by atoms with E-state index in [9.17, 15) is 0 Å². The number of rotatable bonds is 7. The van der Waals surface area contributed by atoms with Crippen LogP contribution in [0.3, 0.4) is 0 Å². The number of thioether (sulfide) groups is 1. The summed E-state index contributed by atoms with van der Waals surface area (Å²) < 4.78 is 5.97. The van der Waals surface area contributed by atoms with Gasteiger partial charge in [-0.05, 0) is 39.0 Å². The molecule has 2 nitrogen and oxygen atoms in total. The molecule has 0 aliphatic heterocycles. The van der Waals surface area contributed by atoms with Gasteiger partial charge in [-0.3, -0.25) is 0 Å². The van der Waals surface area contributed by atoms with Crippen molar-refractivity contribution in [2.75, 3.05) is 18.1 Å². The van der Waals surface area contributed by atoms with Crippen LogP contribution in [0.5, 0.6) is 5.75 Å². The highest BCUT2D eigenvalue weighted by molar-refractivity contribution is 7.99. The lowest BCUT2D eigenvalue weighted by molar-refractivity contribution is 0.333. The van der Waals surface area contributed by atoms with Crippen LogP contribution >= 0.6 is 11.8 Å². The van der Waals surface area contributed by atoms with Gasteiger partial charge in [-0.25, -0.2) is 0 Å². The number of aryl methyl sites for hydroxylation is 1. The third-order valence-corrected chi connectivity index (χ3v) is 3.64. The van der Waals surface area contributed by atoms with Crippen LogP contribution in [-0.2, 0) is 6.54 Å². The summed E-state index contributed by atoms with van der Waals surface area (Å²) in [6, 6.07) is 6.36. The van der Waals surface area contributed by atoms with Crippen molar-refractivity contribution in [3.05, 3.63) is 29.3 Å². The van der Waals surface area contributed by atoms with E-state index in [1.165, 1.54) is 11.1 Å². The molecule has 19 heavy (non-hydrogen) atoms. The van der Waals surface area contributed by atoms with Crippen LogP contribution < -0.4 is 10.1 Å². The van der Waals surface area contributed by atoms with Crippen LogP contribution in [-0.4, -0.2) is 23.7 Å². The maximum atomic E-state index is 5.97. The van der Waals surface area contributed by atoms with Crippen LogP contribution in [0.15, 0.2) is 18.2 Å². The number of ether oxygens (including phenoxy) is 1. The molecule has 0 saturated heterocycles. The molecule has 1 aromatic rings. The Balaban J connectivity index is 2.66. The molecule has 0 saturated carbocycles. The minimum absolute atomic E-state index is 0.124. The largest absolute Gasteiger partial charge is 0.492 e. The predicted octanol–water partition coefficient (Wildman–Crippen LogP) is 4.02. The summed E-state index contributed by atoms with van der Waals surface area (Å²) >= 11 is 1.92. The lowest BCUT2D eigenvalue weighted by Crippen LogP contribution is -2.35. The molecule has 0 aliphatic carbocycles. The fraction of sp³-hybridized carbons (Fsp3) is 0.625. The molecule has 0 fully saturated rings. The zero-order valence-electron chi connectivity index (χ0n) is 12.9. The molecule has 0 heterocycles. The van der Waals surface area contributed by atoms with Crippen LogP contribution in [0, 0.1) is 6.92 Å². The van der Waals surface area contributed by atoms with Gasteiger partial charge in [0.1, 0.15) is 5.75 Å². The summed E-state index contributed by atoms with van der Waals surface area (Å²) in [5.74, 6) is 3.25. The maximum Gasteiger partial charge on any atom is 0.126 e. The van der Waals surface area contributed by atoms with Gasteiger partial charge in [0.25, 0.3) is 0 Å². The average molecular weight is 281 g/mol. The average Bonchev–Trinajstić information content (AvgIpc) is 2.33. The zero-order valence-corrected chi connectivity index (χ0v) is 13.7. The summed E-state index contributed by atoms with van der Waals surface area (Å²) in [6.07, 6.45) is 0. The standard InChI is InChI=1S/C16H27NOS/c1-6-19-11-10-18-15-13(2)8-7-9-14(15)12-17-16(3,4)5/h7-9,17H,6,10-12H2,1-5H3. The van der Waals surface area contributed by atoms with Crippen molar-refractivity contribution in [2.24, 2.45) is 0 Å². The van der Waals surface area contributed by atoms with Crippen LogP contribution in [0.2, 0.25) is 0 Å². The van der Waals surface area contributed by atoms with E-state index in [-0.39, 0.29) is 5.54 Å². The van der Waals surface area contributed by atoms with E-state index in [1.54, 1.807) is 0 Å². The Morgan fingerprint density at radius 1 is 1.26 bits per heavy atom. The minimum Gasteiger partial charge on any atom is -0.492 e. The second kappa shape index (κ2) is 7.81. The first kappa shape index (κ1) is 16.4. The lowest BCUT2D eigenvalue weighted by atomic mass is 10.1. The van der Waals surface area contributed by atoms with Gasteiger partial charge in [0.05, 0.1) is 6.61 Å². The maximum absolute atomic E-state index is 5.97. The number of nitrogens with one attached hydrogen (secondary N) is 1. The number of hydrogen-bond acceptors (Lipinski definition) is 3. The fourth-order valence-corrected chi connectivity index (χ4v) is 2.26. The van der Waals surface area contributed by atoms with E-state index in [2.05, 4.69) is 58.1 Å². The second-order valence-electron chi connectivity index (χ2n) is 5.71. The normalized spacial score (nSPS) is 11.6. The van der Waals surface area contributed by atoms with Gasteiger partial charge in [-0.2, -0.15) is 11.8 Å². The van der Waals surface area contributed by atoms with Crippen molar-refractivity contribution in [1.82, 2.24) is 5.32 Å². The van der Waals surface area contributed by atoms with Crippen molar-refractivity contribution in [2.45, 2.75) is 46.7 Å². The zero-order chi connectivity index (χ0) is 14.3. The first-order valence-corrected chi connectivity index (χ1v) is 8.13. The number of hydrogen-bond donors (Lipinski definition) is 1. The SMILES string of the molecule is CCSCCOc1c(C)cccc1CNC(C)(C)C. The van der Waals surface area contributed by atoms with Gasteiger partial charge in [0.15, 0.2) is 0 Å². The molecule has 0 aromatic heterocycles. The molecule has 1 aromatic carbocycles. The Labute approximate surface area is 122 Å². The molecule has 0 atom stereocenters. The van der Waals surface area contributed by atoms with E-state index in [0.717, 1.165) is 30.4 Å². The Bertz CT molecular complexity index is 385. The van der Waals surface area contributed by atoms with E-state index in [4.69, 9.17) is 4.74 Å². The van der Waals surface area contributed by atoms with E-state index < -0.39 is 0 Å².